The molecule has 0 heterocycles. The highest BCUT2D eigenvalue weighted by molar-refractivity contribution is 9.11. The molecule has 0 bridgehead atoms. The van der Waals surface area contributed by atoms with Crippen LogP contribution in [0.5, 0.6) is 0 Å². The van der Waals surface area contributed by atoms with Crippen molar-refractivity contribution in [2.45, 2.75) is 13.8 Å². The Morgan fingerprint density at radius 2 is 1.75 bits per heavy atom. The highest BCUT2D eigenvalue weighted by atomic mass is 79.9. The van der Waals surface area contributed by atoms with Crippen molar-refractivity contribution in [3.05, 3.63) is 56.0 Å². The molecule has 3 nitrogen and oxygen atoms in total. The van der Waals surface area contributed by atoms with Gasteiger partial charge in [-0.1, -0.05) is 15.9 Å². The minimum Gasteiger partial charge on any atom is -0.397 e. The van der Waals surface area contributed by atoms with Crippen LogP contribution in [0.3, 0.4) is 0 Å². The second-order valence-electron chi connectivity index (χ2n) is 4.60. The van der Waals surface area contributed by atoms with Crippen molar-refractivity contribution in [2.75, 3.05) is 11.1 Å². The lowest BCUT2D eigenvalue weighted by atomic mass is 10.1. The molecule has 2 rings (SSSR count). The molecule has 104 valence electrons. The van der Waals surface area contributed by atoms with E-state index in [1.807, 2.05) is 38.1 Å². The molecule has 5 heteroatoms. The Bertz CT molecular complexity index is 684. The third kappa shape index (κ3) is 3.22. The lowest BCUT2D eigenvalue weighted by Gasteiger charge is -2.12. The Morgan fingerprint density at radius 3 is 2.45 bits per heavy atom. The molecular weight excluding hydrogens is 384 g/mol. The summed E-state index contributed by atoms with van der Waals surface area (Å²) in [6.07, 6.45) is 0. The van der Waals surface area contributed by atoms with Crippen molar-refractivity contribution < 1.29 is 4.79 Å². The van der Waals surface area contributed by atoms with Crippen LogP contribution < -0.4 is 11.1 Å². The molecule has 0 radical (unpaired) electrons. The van der Waals surface area contributed by atoms with Gasteiger partial charge in [0.15, 0.2) is 0 Å². The summed E-state index contributed by atoms with van der Waals surface area (Å²) in [6, 6.07) is 9.19. The van der Waals surface area contributed by atoms with Crippen LogP contribution in [-0.2, 0) is 0 Å². The predicted octanol–water partition coefficient (Wildman–Crippen LogP) is 4.66. The lowest BCUT2D eigenvalue weighted by molar-refractivity contribution is 0.102. The fourth-order valence-electron chi connectivity index (χ4n) is 1.81. The van der Waals surface area contributed by atoms with Crippen LogP contribution in [0.4, 0.5) is 11.4 Å². The Hall–Kier alpha value is -1.33. The number of nitrogen functional groups attached to an aromatic ring is 1. The van der Waals surface area contributed by atoms with Crippen molar-refractivity contribution in [2.24, 2.45) is 0 Å². The van der Waals surface area contributed by atoms with E-state index >= 15 is 0 Å². The van der Waals surface area contributed by atoms with Gasteiger partial charge in [-0.15, -0.1) is 0 Å². The Morgan fingerprint density at radius 1 is 1.10 bits per heavy atom. The second kappa shape index (κ2) is 5.97. The molecule has 0 aliphatic carbocycles. The summed E-state index contributed by atoms with van der Waals surface area (Å²) in [5, 5.41) is 2.85. The topological polar surface area (TPSA) is 55.1 Å². The summed E-state index contributed by atoms with van der Waals surface area (Å²) < 4.78 is 1.58. The molecule has 0 aromatic heterocycles. The fourth-order valence-corrected chi connectivity index (χ4v) is 2.60. The maximum Gasteiger partial charge on any atom is 0.256 e. The van der Waals surface area contributed by atoms with Crippen LogP contribution in [0.25, 0.3) is 0 Å². The molecule has 0 unspecified atom stereocenters. The molecular formula is C15H14Br2N2O. The van der Waals surface area contributed by atoms with E-state index in [9.17, 15) is 4.79 Å². The number of carbonyl (C=O) groups is 1. The van der Waals surface area contributed by atoms with Crippen LogP contribution >= 0.6 is 31.9 Å². The van der Waals surface area contributed by atoms with E-state index in [4.69, 9.17) is 5.73 Å². The summed E-state index contributed by atoms with van der Waals surface area (Å²) in [6.45, 7) is 3.97. The van der Waals surface area contributed by atoms with Crippen molar-refractivity contribution >= 4 is 49.1 Å². The third-order valence-electron chi connectivity index (χ3n) is 3.09. The number of hydrogen-bond donors (Lipinski definition) is 2. The van der Waals surface area contributed by atoms with Gasteiger partial charge in [0.05, 0.1) is 16.9 Å². The van der Waals surface area contributed by atoms with Gasteiger partial charge in [0.1, 0.15) is 0 Å². The number of aryl methyl sites for hydroxylation is 2. The quantitative estimate of drug-likeness (QED) is 0.723. The van der Waals surface area contributed by atoms with Gasteiger partial charge in [0.25, 0.3) is 5.91 Å². The highest BCUT2D eigenvalue weighted by Gasteiger charge is 2.12. The van der Waals surface area contributed by atoms with Gasteiger partial charge in [-0.25, -0.2) is 0 Å². The molecule has 1 amide bonds. The molecule has 0 fully saturated rings. The maximum atomic E-state index is 12.3. The number of nitrogens with two attached hydrogens (primary N) is 1. The van der Waals surface area contributed by atoms with E-state index in [2.05, 4.69) is 37.2 Å². The summed E-state index contributed by atoms with van der Waals surface area (Å²) in [5.74, 6) is -0.201. The van der Waals surface area contributed by atoms with Gasteiger partial charge in [-0.2, -0.15) is 0 Å². The summed E-state index contributed by atoms with van der Waals surface area (Å²) >= 11 is 6.74. The number of rotatable bonds is 2. The van der Waals surface area contributed by atoms with Crippen LogP contribution in [0.1, 0.15) is 21.5 Å². The molecule has 0 atom stereocenters. The first-order valence-electron chi connectivity index (χ1n) is 6.01. The van der Waals surface area contributed by atoms with Crippen LogP contribution in [0.15, 0.2) is 39.3 Å². The number of nitrogens with one attached hydrogen (secondary N) is 1. The summed E-state index contributed by atoms with van der Waals surface area (Å²) in [4.78, 5) is 12.3. The van der Waals surface area contributed by atoms with Gasteiger partial charge >= 0.3 is 0 Å². The van der Waals surface area contributed by atoms with Gasteiger partial charge in [-0.05, 0) is 71.2 Å². The van der Waals surface area contributed by atoms with Crippen molar-refractivity contribution in [3.8, 4) is 0 Å². The molecule has 3 N–H and O–H groups in total. The van der Waals surface area contributed by atoms with Gasteiger partial charge < -0.3 is 11.1 Å². The number of benzene rings is 2. The monoisotopic (exact) mass is 396 g/mol. The van der Waals surface area contributed by atoms with E-state index in [0.29, 0.717) is 16.9 Å². The van der Waals surface area contributed by atoms with Crippen LogP contribution in [0, 0.1) is 13.8 Å². The first-order valence-corrected chi connectivity index (χ1v) is 7.60. The van der Waals surface area contributed by atoms with E-state index in [1.165, 1.54) is 0 Å². The first-order chi connectivity index (χ1) is 9.38. The predicted molar refractivity (Wildman–Crippen MR) is 90.1 cm³/mol. The van der Waals surface area contributed by atoms with Crippen molar-refractivity contribution in [1.82, 2.24) is 0 Å². The molecule has 0 saturated carbocycles. The Balaban J connectivity index is 2.32. The Labute approximate surface area is 134 Å². The normalized spacial score (nSPS) is 10.4. The standard InChI is InChI=1S/C15H14Br2N2O/c1-8-5-13(18)14(6-9(8)2)19-15(20)11-7-10(16)3-4-12(11)17/h3-7H,18H2,1-2H3,(H,19,20). The van der Waals surface area contributed by atoms with Crippen molar-refractivity contribution in [1.29, 1.82) is 0 Å². The van der Waals surface area contributed by atoms with Gasteiger partial charge in [-0.3, -0.25) is 4.79 Å². The molecule has 2 aromatic rings. The highest BCUT2D eigenvalue weighted by Crippen LogP contribution is 2.26. The third-order valence-corrected chi connectivity index (χ3v) is 4.27. The maximum absolute atomic E-state index is 12.3. The zero-order chi connectivity index (χ0) is 14.9. The molecule has 0 spiro atoms. The molecule has 0 aliphatic rings. The average molecular weight is 398 g/mol. The lowest BCUT2D eigenvalue weighted by Crippen LogP contribution is -2.14. The fraction of sp³-hybridized carbons (Fsp3) is 0.133. The average Bonchev–Trinajstić information content (AvgIpc) is 2.38. The molecule has 0 saturated heterocycles. The van der Waals surface area contributed by atoms with Crippen molar-refractivity contribution in [3.63, 3.8) is 0 Å². The zero-order valence-corrected chi connectivity index (χ0v) is 14.3. The van der Waals surface area contributed by atoms with Gasteiger partial charge in [0.2, 0.25) is 0 Å². The van der Waals surface area contributed by atoms with E-state index in [-0.39, 0.29) is 5.91 Å². The van der Waals surface area contributed by atoms with Crippen LogP contribution in [-0.4, -0.2) is 5.91 Å². The molecule has 0 aliphatic heterocycles. The molecule has 2 aromatic carbocycles. The number of halogens is 2. The SMILES string of the molecule is Cc1cc(N)c(NC(=O)c2cc(Br)ccc2Br)cc1C. The Kier molecular flexibility index (Phi) is 4.50. The van der Waals surface area contributed by atoms with E-state index < -0.39 is 0 Å². The number of amides is 1. The van der Waals surface area contributed by atoms with E-state index in [1.54, 1.807) is 6.07 Å². The summed E-state index contributed by atoms with van der Waals surface area (Å²) in [5.41, 5.74) is 9.88. The summed E-state index contributed by atoms with van der Waals surface area (Å²) in [7, 11) is 0. The van der Waals surface area contributed by atoms with E-state index in [0.717, 1.165) is 20.1 Å². The number of hydrogen-bond acceptors (Lipinski definition) is 2. The minimum absolute atomic E-state index is 0.201. The zero-order valence-electron chi connectivity index (χ0n) is 11.1. The minimum atomic E-state index is -0.201. The van der Waals surface area contributed by atoms with Gasteiger partial charge in [0, 0.05) is 8.95 Å². The number of anilines is 2. The molecule has 20 heavy (non-hydrogen) atoms. The first kappa shape index (κ1) is 15.1. The number of carbonyl (C=O) groups excluding carboxylic acids is 1. The largest absolute Gasteiger partial charge is 0.397 e. The smallest absolute Gasteiger partial charge is 0.256 e. The second-order valence-corrected chi connectivity index (χ2v) is 6.37. The van der Waals surface area contributed by atoms with Crippen LogP contribution in [0.2, 0.25) is 0 Å².